The molecule has 4 heteroatoms. The quantitative estimate of drug-likeness (QED) is 0.526. The first-order chi connectivity index (χ1) is 10.1. The second-order valence-corrected chi connectivity index (χ2v) is 5.63. The summed E-state index contributed by atoms with van der Waals surface area (Å²) in [5, 5.41) is 9.89. The lowest BCUT2D eigenvalue weighted by Gasteiger charge is -2.06. The molecule has 0 aliphatic carbocycles. The van der Waals surface area contributed by atoms with Crippen LogP contribution in [0.3, 0.4) is 0 Å². The van der Waals surface area contributed by atoms with E-state index in [1.807, 2.05) is 49.4 Å². The molecular weight excluding hydrogens is 350 g/mol. The number of nitrogens with zero attached hydrogens (tertiary/aromatic N) is 1. The van der Waals surface area contributed by atoms with E-state index in [1.54, 1.807) is 6.07 Å². The van der Waals surface area contributed by atoms with Crippen molar-refractivity contribution in [1.29, 1.82) is 5.26 Å². The van der Waals surface area contributed by atoms with Gasteiger partial charge in [0.25, 0.3) is 0 Å². The summed E-state index contributed by atoms with van der Waals surface area (Å²) in [7, 11) is 0. The average molecular weight is 363 g/mol. The van der Waals surface area contributed by atoms with E-state index < -0.39 is 0 Å². The summed E-state index contributed by atoms with van der Waals surface area (Å²) in [5.41, 5.74) is 2.30. The van der Waals surface area contributed by atoms with Gasteiger partial charge in [-0.15, -0.1) is 0 Å². The van der Waals surface area contributed by atoms with Crippen LogP contribution in [-0.4, -0.2) is 6.61 Å². The lowest BCUT2D eigenvalue weighted by Crippen LogP contribution is -1.92. The predicted octanol–water partition coefficient (Wildman–Crippen LogP) is 5.57. The molecule has 0 saturated carbocycles. The number of halogens is 2. The Hall–Kier alpha value is -1.76. The van der Waals surface area contributed by atoms with Gasteiger partial charge in [-0.1, -0.05) is 45.7 Å². The maximum atomic E-state index is 9.35. The van der Waals surface area contributed by atoms with Crippen LogP contribution >= 0.6 is 27.5 Å². The molecule has 2 aromatic carbocycles. The number of nitriles is 1. The Bertz CT molecular complexity index is 719. The zero-order valence-corrected chi connectivity index (χ0v) is 13.8. The molecule has 0 N–H and O–H groups in total. The Kier molecular flexibility index (Phi) is 5.44. The molecule has 0 radical (unpaired) electrons. The highest BCUT2D eigenvalue weighted by Gasteiger charge is 2.05. The Morgan fingerprint density at radius 1 is 1.33 bits per heavy atom. The van der Waals surface area contributed by atoms with Crippen LogP contribution in [0.25, 0.3) is 11.6 Å². The molecule has 0 bridgehead atoms. The maximum Gasteiger partial charge on any atom is 0.137 e. The summed E-state index contributed by atoms with van der Waals surface area (Å²) >= 11 is 9.57. The summed E-state index contributed by atoms with van der Waals surface area (Å²) in [6, 6.07) is 15.3. The molecule has 106 valence electrons. The molecule has 21 heavy (non-hydrogen) atoms. The van der Waals surface area contributed by atoms with Crippen molar-refractivity contribution in [3.63, 3.8) is 0 Å². The van der Waals surface area contributed by atoms with Crippen molar-refractivity contribution in [3.8, 4) is 11.8 Å². The number of ether oxygens (including phenoxy) is 1. The van der Waals surface area contributed by atoms with Crippen molar-refractivity contribution in [2.24, 2.45) is 0 Å². The third-order valence-electron chi connectivity index (χ3n) is 2.82. The smallest absolute Gasteiger partial charge is 0.137 e. The molecule has 2 rings (SSSR count). The van der Waals surface area contributed by atoms with E-state index in [0.717, 1.165) is 15.6 Å². The molecule has 0 atom stereocenters. The van der Waals surface area contributed by atoms with Crippen molar-refractivity contribution < 1.29 is 4.74 Å². The number of benzene rings is 2. The van der Waals surface area contributed by atoms with E-state index in [-0.39, 0.29) is 0 Å². The van der Waals surface area contributed by atoms with Crippen LogP contribution < -0.4 is 4.74 Å². The first-order valence-electron chi connectivity index (χ1n) is 6.44. The summed E-state index contributed by atoms with van der Waals surface area (Å²) in [5.74, 6) is 0.650. The number of hydrogen-bond donors (Lipinski definition) is 0. The fourth-order valence-electron chi connectivity index (χ4n) is 1.88. The second kappa shape index (κ2) is 7.31. The van der Waals surface area contributed by atoms with Gasteiger partial charge < -0.3 is 4.74 Å². The molecular formula is C17H13BrClNO. The summed E-state index contributed by atoms with van der Waals surface area (Å²) in [6.07, 6.45) is 1.81. The van der Waals surface area contributed by atoms with Crippen LogP contribution in [-0.2, 0) is 0 Å². The molecule has 0 saturated heterocycles. The van der Waals surface area contributed by atoms with E-state index >= 15 is 0 Å². The largest absolute Gasteiger partial charge is 0.492 e. The number of hydrogen-bond acceptors (Lipinski definition) is 2. The van der Waals surface area contributed by atoms with Gasteiger partial charge in [0.05, 0.1) is 23.3 Å². The minimum atomic E-state index is 0.539. The van der Waals surface area contributed by atoms with Gasteiger partial charge in [0.1, 0.15) is 5.75 Å². The highest BCUT2D eigenvalue weighted by atomic mass is 79.9. The van der Waals surface area contributed by atoms with Crippen LogP contribution in [0, 0.1) is 11.3 Å². The Morgan fingerprint density at radius 3 is 2.76 bits per heavy atom. The zero-order valence-electron chi connectivity index (χ0n) is 11.4. The minimum absolute atomic E-state index is 0.539. The third-order valence-corrected chi connectivity index (χ3v) is 3.61. The molecule has 0 aliphatic rings. The highest BCUT2D eigenvalue weighted by Crippen LogP contribution is 2.28. The maximum absolute atomic E-state index is 9.35. The van der Waals surface area contributed by atoms with Crippen molar-refractivity contribution in [2.75, 3.05) is 6.61 Å². The molecule has 0 heterocycles. The van der Waals surface area contributed by atoms with Gasteiger partial charge in [0.2, 0.25) is 0 Å². The lowest BCUT2D eigenvalue weighted by atomic mass is 10.0. The Morgan fingerprint density at radius 2 is 2.14 bits per heavy atom. The van der Waals surface area contributed by atoms with Gasteiger partial charge in [0, 0.05) is 4.47 Å². The Balaban J connectivity index is 2.37. The molecule has 0 fully saturated rings. The van der Waals surface area contributed by atoms with Crippen LogP contribution in [0.1, 0.15) is 18.1 Å². The normalized spacial score (nSPS) is 11.0. The molecule has 0 amide bonds. The van der Waals surface area contributed by atoms with Gasteiger partial charge in [0.15, 0.2) is 0 Å². The molecule has 0 unspecified atom stereocenters. The number of rotatable bonds is 4. The highest BCUT2D eigenvalue weighted by molar-refractivity contribution is 9.10. The second-order valence-electron chi connectivity index (χ2n) is 4.30. The van der Waals surface area contributed by atoms with Crippen molar-refractivity contribution in [1.82, 2.24) is 0 Å². The standard InChI is InChI=1S/C17H13BrClNO/c1-2-21-17-7-6-12(9-16(17)19)8-14(11-20)13-4-3-5-15(18)10-13/h3-10H,2H2,1H3/b14-8-. The van der Waals surface area contributed by atoms with Crippen LogP contribution in [0.2, 0.25) is 5.02 Å². The van der Waals surface area contributed by atoms with Crippen molar-refractivity contribution in [3.05, 3.63) is 63.1 Å². The van der Waals surface area contributed by atoms with Gasteiger partial charge in [-0.3, -0.25) is 0 Å². The van der Waals surface area contributed by atoms with E-state index in [0.29, 0.717) is 23.0 Å². The van der Waals surface area contributed by atoms with Gasteiger partial charge in [-0.05, 0) is 48.4 Å². The molecule has 2 aromatic rings. The van der Waals surface area contributed by atoms with Crippen LogP contribution in [0.4, 0.5) is 0 Å². The minimum Gasteiger partial charge on any atom is -0.492 e. The summed E-state index contributed by atoms with van der Waals surface area (Å²) in [4.78, 5) is 0. The first-order valence-corrected chi connectivity index (χ1v) is 7.61. The Labute approximate surface area is 137 Å². The molecule has 0 spiro atoms. The van der Waals surface area contributed by atoms with E-state index in [1.165, 1.54) is 0 Å². The number of allylic oxidation sites excluding steroid dienone is 1. The van der Waals surface area contributed by atoms with Gasteiger partial charge >= 0.3 is 0 Å². The predicted molar refractivity (Wildman–Crippen MR) is 90.2 cm³/mol. The van der Waals surface area contributed by atoms with E-state index in [4.69, 9.17) is 16.3 Å². The molecule has 0 aliphatic heterocycles. The molecule has 0 aromatic heterocycles. The van der Waals surface area contributed by atoms with Gasteiger partial charge in [-0.25, -0.2) is 0 Å². The monoisotopic (exact) mass is 361 g/mol. The fraction of sp³-hybridized carbons (Fsp3) is 0.118. The van der Waals surface area contributed by atoms with Crippen molar-refractivity contribution >= 4 is 39.2 Å². The van der Waals surface area contributed by atoms with Crippen LogP contribution in [0.15, 0.2) is 46.9 Å². The average Bonchev–Trinajstić information content (AvgIpc) is 2.47. The van der Waals surface area contributed by atoms with E-state index in [9.17, 15) is 5.26 Å². The summed E-state index contributed by atoms with van der Waals surface area (Å²) in [6.45, 7) is 2.47. The van der Waals surface area contributed by atoms with Crippen molar-refractivity contribution in [2.45, 2.75) is 6.92 Å². The topological polar surface area (TPSA) is 33.0 Å². The SMILES string of the molecule is CCOc1ccc(/C=C(/C#N)c2cccc(Br)c2)cc1Cl. The first kappa shape index (κ1) is 15.6. The fourth-order valence-corrected chi connectivity index (χ4v) is 2.53. The van der Waals surface area contributed by atoms with Crippen LogP contribution in [0.5, 0.6) is 5.75 Å². The van der Waals surface area contributed by atoms with E-state index in [2.05, 4.69) is 22.0 Å². The zero-order chi connectivity index (χ0) is 15.2. The summed E-state index contributed by atoms with van der Waals surface area (Å²) < 4.78 is 6.34. The third kappa shape index (κ3) is 4.10. The van der Waals surface area contributed by atoms with Gasteiger partial charge in [-0.2, -0.15) is 5.26 Å². The molecule has 2 nitrogen and oxygen atoms in total. The lowest BCUT2D eigenvalue weighted by molar-refractivity contribution is 0.340.